The lowest BCUT2D eigenvalue weighted by atomic mass is 10.1. The van der Waals surface area contributed by atoms with Gasteiger partial charge in [0.05, 0.1) is 19.9 Å². The predicted octanol–water partition coefficient (Wildman–Crippen LogP) is 2.53. The zero-order valence-electron chi connectivity index (χ0n) is 10.5. The Morgan fingerprint density at radius 3 is 2.67 bits per heavy atom. The highest BCUT2D eigenvalue weighted by molar-refractivity contribution is 7.13. The van der Waals surface area contributed by atoms with E-state index >= 15 is 0 Å². The molecule has 2 rings (SSSR count). The number of nitrogens with two attached hydrogens (primary N) is 1. The van der Waals surface area contributed by atoms with Gasteiger partial charge in [0.25, 0.3) is 0 Å². The number of thiazole rings is 1. The van der Waals surface area contributed by atoms with Crippen LogP contribution in [0.5, 0.6) is 11.5 Å². The Bertz CT molecular complexity index is 525. The summed E-state index contributed by atoms with van der Waals surface area (Å²) in [5.41, 5.74) is 7.77. The van der Waals surface area contributed by atoms with Gasteiger partial charge in [-0.05, 0) is 24.5 Å². The third-order valence-electron chi connectivity index (χ3n) is 2.71. The predicted molar refractivity (Wildman–Crippen MR) is 73.5 cm³/mol. The topological polar surface area (TPSA) is 57.4 Å². The number of aryl methyl sites for hydroxylation is 2. The first kappa shape index (κ1) is 12.7. The van der Waals surface area contributed by atoms with E-state index in [9.17, 15) is 0 Å². The van der Waals surface area contributed by atoms with Crippen molar-refractivity contribution in [2.75, 3.05) is 20.0 Å². The molecule has 0 bridgehead atoms. The van der Waals surface area contributed by atoms with E-state index in [0.29, 0.717) is 5.13 Å². The summed E-state index contributed by atoms with van der Waals surface area (Å²) in [4.78, 5) is 4.25. The monoisotopic (exact) mass is 264 g/mol. The molecule has 96 valence electrons. The van der Waals surface area contributed by atoms with Crippen molar-refractivity contribution in [3.63, 3.8) is 0 Å². The standard InChI is InChI=1S/C13H16N2O2S/c1-16-11-6-4-9(12(7-11)17-2)3-5-10-8-18-13(14)15-10/h4,6-8H,3,5H2,1-2H3,(H2,14,15). The van der Waals surface area contributed by atoms with Crippen LogP contribution >= 0.6 is 11.3 Å². The summed E-state index contributed by atoms with van der Waals surface area (Å²) in [5.74, 6) is 1.64. The van der Waals surface area contributed by atoms with Crippen molar-refractivity contribution in [2.45, 2.75) is 12.8 Å². The van der Waals surface area contributed by atoms with E-state index in [0.717, 1.165) is 35.6 Å². The fourth-order valence-electron chi connectivity index (χ4n) is 1.76. The maximum atomic E-state index is 5.61. The van der Waals surface area contributed by atoms with Crippen molar-refractivity contribution in [1.82, 2.24) is 4.98 Å². The Morgan fingerprint density at radius 2 is 2.06 bits per heavy atom. The van der Waals surface area contributed by atoms with E-state index < -0.39 is 0 Å². The lowest BCUT2D eigenvalue weighted by molar-refractivity contribution is 0.391. The van der Waals surface area contributed by atoms with E-state index in [1.54, 1.807) is 14.2 Å². The summed E-state index contributed by atoms with van der Waals surface area (Å²) in [6.45, 7) is 0. The quantitative estimate of drug-likeness (QED) is 0.901. The van der Waals surface area contributed by atoms with Gasteiger partial charge in [0.1, 0.15) is 11.5 Å². The molecule has 0 spiro atoms. The van der Waals surface area contributed by atoms with Crippen LogP contribution in [-0.4, -0.2) is 19.2 Å². The average Bonchev–Trinajstić information content (AvgIpc) is 2.82. The highest BCUT2D eigenvalue weighted by Gasteiger charge is 2.06. The average molecular weight is 264 g/mol. The maximum Gasteiger partial charge on any atom is 0.180 e. The third kappa shape index (κ3) is 2.92. The van der Waals surface area contributed by atoms with Crippen LogP contribution in [0.3, 0.4) is 0 Å². The van der Waals surface area contributed by atoms with Crippen LogP contribution in [0.2, 0.25) is 0 Å². The first-order chi connectivity index (χ1) is 8.72. The lowest BCUT2D eigenvalue weighted by Gasteiger charge is -2.09. The van der Waals surface area contributed by atoms with Crippen molar-refractivity contribution in [3.05, 3.63) is 34.8 Å². The molecule has 0 unspecified atom stereocenters. The zero-order chi connectivity index (χ0) is 13.0. The summed E-state index contributed by atoms with van der Waals surface area (Å²) < 4.78 is 10.5. The van der Waals surface area contributed by atoms with Crippen LogP contribution in [0.4, 0.5) is 5.13 Å². The second-order valence-corrected chi connectivity index (χ2v) is 4.74. The molecule has 2 N–H and O–H groups in total. The van der Waals surface area contributed by atoms with Gasteiger partial charge in [0.2, 0.25) is 0 Å². The van der Waals surface area contributed by atoms with Crippen LogP contribution in [-0.2, 0) is 12.8 Å². The number of rotatable bonds is 5. The van der Waals surface area contributed by atoms with Gasteiger partial charge >= 0.3 is 0 Å². The van der Waals surface area contributed by atoms with E-state index in [1.807, 2.05) is 23.6 Å². The summed E-state index contributed by atoms with van der Waals surface area (Å²) in [6, 6.07) is 5.85. The molecule has 0 fully saturated rings. The molecule has 4 nitrogen and oxygen atoms in total. The summed E-state index contributed by atoms with van der Waals surface area (Å²) in [5, 5.41) is 2.61. The number of nitrogen functional groups attached to an aromatic ring is 1. The van der Waals surface area contributed by atoms with Crippen LogP contribution in [0.1, 0.15) is 11.3 Å². The Balaban J connectivity index is 2.08. The number of hydrogen-bond acceptors (Lipinski definition) is 5. The molecule has 0 radical (unpaired) electrons. The SMILES string of the molecule is COc1ccc(CCc2csc(N)n2)c(OC)c1. The number of nitrogens with zero attached hydrogens (tertiary/aromatic N) is 1. The van der Waals surface area contributed by atoms with E-state index in [2.05, 4.69) is 4.98 Å². The van der Waals surface area contributed by atoms with Gasteiger partial charge in [0.15, 0.2) is 5.13 Å². The molecule has 0 aliphatic carbocycles. The minimum atomic E-state index is 0.617. The van der Waals surface area contributed by atoms with Crippen LogP contribution in [0.15, 0.2) is 23.6 Å². The summed E-state index contributed by atoms with van der Waals surface area (Å²) >= 11 is 1.47. The highest BCUT2D eigenvalue weighted by Crippen LogP contribution is 2.26. The second kappa shape index (κ2) is 5.73. The first-order valence-corrected chi connectivity index (χ1v) is 6.51. The van der Waals surface area contributed by atoms with Gasteiger partial charge in [-0.3, -0.25) is 0 Å². The van der Waals surface area contributed by atoms with Gasteiger partial charge in [-0.1, -0.05) is 6.07 Å². The largest absolute Gasteiger partial charge is 0.497 e. The van der Waals surface area contributed by atoms with Crippen LogP contribution < -0.4 is 15.2 Å². The van der Waals surface area contributed by atoms with Crippen LogP contribution in [0.25, 0.3) is 0 Å². The number of anilines is 1. The molecule has 0 amide bonds. The molecule has 1 aromatic carbocycles. The van der Waals surface area contributed by atoms with Gasteiger partial charge in [-0.2, -0.15) is 0 Å². The van der Waals surface area contributed by atoms with Gasteiger partial charge in [-0.15, -0.1) is 11.3 Å². The Labute approximate surface area is 110 Å². The molecule has 0 saturated carbocycles. The summed E-state index contributed by atoms with van der Waals surface area (Å²) in [7, 11) is 3.31. The fourth-order valence-corrected chi connectivity index (χ4v) is 2.36. The lowest BCUT2D eigenvalue weighted by Crippen LogP contribution is -1.97. The third-order valence-corrected chi connectivity index (χ3v) is 3.44. The Hall–Kier alpha value is -1.75. The van der Waals surface area contributed by atoms with Gasteiger partial charge < -0.3 is 15.2 Å². The first-order valence-electron chi connectivity index (χ1n) is 5.63. The molecule has 0 aliphatic heterocycles. The van der Waals surface area contributed by atoms with E-state index in [-0.39, 0.29) is 0 Å². The summed E-state index contributed by atoms with van der Waals surface area (Å²) in [6.07, 6.45) is 1.73. The van der Waals surface area contributed by atoms with Crippen LogP contribution in [0, 0.1) is 0 Å². The minimum Gasteiger partial charge on any atom is -0.497 e. The molecule has 0 aliphatic rings. The second-order valence-electron chi connectivity index (χ2n) is 3.85. The molecule has 0 saturated heterocycles. The number of methoxy groups -OCH3 is 2. The maximum absolute atomic E-state index is 5.61. The van der Waals surface area contributed by atoms with Crippen molar-refractivity contribution >= 4 is 16.5 Å². The number of benzene rings is 1. The molecule has 2 aromatic rings. The van der Waals surface area contributed by atoms with Crippen molar-refractivity contribution in [2.24, 2.45) is 0 Å². The number of ether oxygens (including phenoxy) is 2. The molecule has 0 atom stereocenters. The minimum absolute atomic E-state index is 0.617. The molecular weight excluding hydrogens is 248 g/mol. The Kier molecular flexibility index (Phi) is 4.04. The Morgan fingerprint density at radius 1 is 1.22 bits per heavy atom. The van der Waals surface area contributed by atoms with Gasteiger partial charge in [0, 0.05) is 11.4 Å². The molecule has 1 heterocycles. The normalized spacial score (nSPS) is 10.3. The van der Waals surface area contributed by atoms with E-state index in [4.69, 9.17) is 15.2 Å². The van der Waals surface area contributed by atoms with Crippen molar-refractivity contribution < 1.29 is 9.47 Å². The number of aromatic nitrogens is 1. The van der Waals surface area contributed by atoms with E-state index in [1.165, 1.54) is 11.3 Å². The fraction of sp³-hybridized carbons (Fsp3) is 0.308. The smallest absolute Gasteiger partial charge is 0.180 e. The number of hydrogen-bond donors (Lipinski definition) is 1. The molecular formula is C13H16N2O2S. The van der Waals surface area contributed by atoms with Crippen molar-refractivity contribution in [3.8, 4) is 11.5 Å². The molecule has 5 heteroatoms. The highest BCUT2D eigenvalue weighted by atomic mass is 32.1. The molecule has 18 heavy (non-hydrogen) atoms. The molecule has 1 aromatic heterocycles. The van der Waals surface area contributed by atoms with Gasteiger partial charge in [-0.25, -0.2) is 4.98 Å². The van der Waals surface area contributed by atoms with Crippen molar-refractivity contribution in [1.29, 1.82) is 0 Å². The zero-order valence-corrected chi connectivity index (χ0v) is 11.3.